The van der Waals surface area contributed by atoms with Gasteiger partial charge in [0.2, 0.25) is 0 Å². The molecule has 1 aliphatic heterocycles. The maximum Gasteiger partial charge on any atom is 0.295 e. The summed E-state index contributed by atoms with van der Waals surface area (Å²) in [6.07, 6.45) is 4.15. The Labute approximate surface area is 263 Å². The lowest BCUT2D eigenvalue weighted by molar-refractivity contribution is -0.140. The van der Waals surface area contributed by atoms with Gasteiger partial charge < -0.3 is 24.2 Å². The molecule has 0 bridgehead atoms. The van der Waals surface area contributed by atoms with Crippen LogP contribution in [0.4, 0.5) is 0 Å². The Kier molecular flexibility index (Phi) is 9.82. The van der Waals surface area contributed by atoms with Gasteiger partial charge in [-0.3, -0.25) is 14.6 Å². The summed E-state index contributed by atoms with van der Waals surface area (Å²) in [4.78, 5) is 32.6. The fraction of sp³-hybridized carbons (Fsp3) is 0.270. The van der Waals surface area contributed by atoms with Crippen molar-refractivity contribution in [3.8, 4) is 17.2 Å². The summed E-state index contributed by atoms with van der Waals surface area (Å²) in [6, 6.07) is 22.9. The van der Waals surface area contributed by atoms with Crippen molar-refractivity contribution in [3.05, 3.63) is 125 Å². The van der Waals surface area contributed by atoms with E-state index in [4.69, 9.17) is 14.2 Å². The summed E-state index contributed by atoms with van der Waals surface area (Å²) >= 11 is 0. The Morgan fingerprint density at radius 1 is 0.933 bits per heavy atom. The Morgan fingerprint density at radius 2 is 1.67 bits per heavy atom. The van der Waals surface area contributed by atoms with Gasteiger partial charge in [0.15, 0.2) is 11.5 Å². The molecule has 8 heteroatoms. The SMILES string of the molecule is COc1cc(C2/C(=C(\O)c3ccc(OCc4ccccc4C)cc3)C(=O)C(=O)N2Cc2ccncc2)ccc1OCCC(C)C. The number of hydrogen-bond donors (Lipinski definition) is 1. The molecule has 5 rings (SSSR count). The zero-order chi connectivity index (χ0) is 31.9. The van der Waals surface area contributed by atoms with Crippen LogP contribution in [0.3, 0.4) is 0 Å². The van der Waals surface area contributed by atoms with Crippen molar-refractivity contribution < 1.29 is 28.9 Å². The number of aryl methyl sites for hydroxylation is 1. The van der Waals surface area contributed by atoms with Gasteiger partial charge in [0.25, 0.3) is 11.7 Å². The minimum atomic E-state index is -0.867. The monoisotopic (exact) mass is 606 g/mol. The number of amides is 1. The van der Waals surface area contributed by atoms with E-state index >= 15 is 0 Å². The zero-order valence-corrected chi connectivity index (χ0v) is 26.0. The van der Waals surface area contributed by atoms with Crippen molar-refractivity contribution in [2.24, 2.45) is 5.92 Å². The fourth-order valence-corrected chi connectivity index (χ4v) is 5.25. The lowest BCUT2D eigenvalue weighted by Crippen LogP contribution is -2.29. The molecule has 8 nitrogen and oxygen atoms in total. The van der Waals surface area contributed by atoms with Gasteiger partial charge in [-0.15, -0.1) is 0 Å². The number of ketones is 1. The maximum absolute atomic E-state index is 13.6. The first-order valence-electron chi connectivity index (χ1n) is 15.0. The van der Waals surface area contributed by atoms with E-state index < -0.39 is 17.7 Å². The molecule has 1 aromatic heterocycles. The number of aliphatic hydroxyl groups excluding tert-OH is 1. The molecule has 0 spiro atoms. The minimum absolute atomic E-state index is 0.00170. The summed E-state index contributed by atoms with van der Waals surface area (Å²) in [6.45, 7) is 7.36. The average molecular weight is 607 g/mol. The van der Waals surface area contributed by atoms with Crippen LogP contribution in [0.1, 0.15) is 54.1 Å². The van der Waals surface area contributed by atoms with Crippen molar-refractivity contribution in [3.63, 3.8) is 0 Å². The molecule has 1 saturated heterocycles. The van der Waals surface area contributed by atoms with Crippen LogP contribution in [0.25, 0.3) is 5.76 Å². The van der Waals surface area contributed by atoms with E-state index in [0.717, 1.165) is 23.1 Å². The lowest BCUT2D eigenvalue weighted by atomic mass is 9.94. The molecule has 1 unspecified atom stereocenters. The smallest absolute Gasteiger partial charge is 0.295 e. The molecule has 0 radical (unpaired) electrons. The first kappa shape index (κ1) is 31.3. The zero-order valence-electron chi connectivity index (χ0n) is 26.0. The first-order valence-corrected chi connectivity index (χ1v) is 15.0. The van der Waals surface area contributed by atoms with E-state index in [0.29, 0.717) is 47.5 Å². The molecule has 2 heterocycles. The number of Topliss-reactive ketones (excluding diaryl/α,β-unsaturated/α-hetero) is 1. The number of aromatic nitrogens is 1. The molecular formula is C37H38N2O6. The Bertz CT molecular complexity index is 1680. The third kappa shape index (κ3) is 7.17. The van der Waals surface area contributed by atoms with Crippen molar-refractivity contribution in [2.75, 3.05) is 13.7 Å². The number of aliphatic hydroxyl groups is 1. The van der Waals surface area contributed by atoms with Crippen LogP contribution in [0.15, 0.2) is 96.8 Å². The molecule has 45 heavy (non-hydrogen) atoms. The van der Waals surface area contributed by atoms with Crippen LogP contribution >= 0.6 is 0 Å². The highest BCUT2D eigenvalue weighted by Gasteiger charge is 2.46. The molecular weight excluding hydrogens is 568 g/mol. The average Bonchev–Trinajstić information content (AvgIpc) is 3.29. The van der Waals surface area contributed by atoms with E-state index in [9.17, 15) is 14.7 Å². The third-order valence-electron chi connectivity index (χ3n) is 7.88. The van der Waals surface area contributed by atoms with E-state index in [1.165, 1.54) is 4.90 Å². The minimum Gasteiger partial charge on any atom is -0.507 e. The molecule has 1 N–H and O–H groups in total. The quantitative estimate of drug-likeness (QED) is 0.105. The summed E-state index contributed by atoms with van der Waals surface area (Å²) in [5.41, 5.74) is 4.01. The number of methoxy groups -OCH3 is 1. The number of carbonyl (C=O) groups is 2. The van der Waals surface area contributed by atoms with Crippen molar-refractivity contribution in [1.82, 2.24) is 9.88 Å². The Balaban J connectivity index is 1.49. The van der Waals surface area contributed by atoms with Crippen LogP contribution in [0.2, 0.25) is 0 Å². The number of pyridine rings is 1. The molecule has 0 saturated carbocycles. The normalized spacial score (nSPS) is 15.8. The predicted molar refractivity (Wildman–Crippen MR) is 172 cm³/mol. The highest BCUT2D eigenvalue weighted by molar-refractivity contribution is 6.46. The van der Waals surface area contributed by atoms with E-state index in [2.05, 4.69) is 18.8 Å². The van der Waals surface area contributed by atoms with E-state index in [1.807, 2.05) is 31.2 Å². The van der Waals surface area contributed by atoms with Gasteiger partial charge in [-0.2, -0.15) is 0 Å². The molecule has 1 aliphatic rings. The van der Waals surface area contributed by atoms with Crippen LogP contribution in [0.5, 0.6) is 17.2 Å². The number of hydrogen-bond acceptors (Lipinski definition) is 7. The molecule has 1 fully saturated rings. The second-order valence-electron chi connectivity index (χ2n) is 11.5. The second-order valence-corrected chi connectivity index (χ2v) is 11.5. The second kappa shape index (κ2) is 14.1. The summed E-state index contributed by atoms with van der Waals surface area (Å²) in [7, 11) is 1.55. The summed E-state index contributed by atoms with van der Waals surface area (Å²) in [5.74, 6) is 0.405. The number of likely N-dealkylation sites (tertiary alicyclic amines) is 1. The van der Waals surface area contributed by atoms with Gasteiger partial charge in [0.1, 0.15) is 18.1 Å². The molecule has 232 valence electrons. The molecule has 1 atom stereocenters. The lowest BCUT2D eigenvalue weighted by Gasteiger charge is -2.26. The highest BCUT2D eigenvalue weighted by atomic mass is 16.5. The molecule has 0 aliphatic carbocycles. The van der Waals surface area contributed by atoms with Gasteiger partial charge in [-0.25, -0.2) is 0 Å². The number of rotatable bonds is 12. The van der Waals surface area contributed by atoms with Gasteiger partial charge in [-0.05, 0) is 90.0 Å². The number of carbonyl (C=O) groups excluding carboxylic acids is 2. The number of ether oxygens (including phenoxy) is 3. The van der Waals surface area contributed by atoms with Crippen molar-refractivity contribution >= 4 is 17.4 Å². The Hall–Kier alpha value is -5.11. The van der Waals surface area contributed by atoms with Crippen LogP contribution < -0.4 is 14.2 Å². The van der Waals surface area contributed by atoms with E-state index in [-0.39, 0.29) is 17.9 Å². The fourth-order valence-electron chi connectivity index (χ4n) is 5.25. The van der Waals surface area contributed by atoms with E-state index in [1.54, 1.807) is 74.1 Å². The standard InChI is InChI=1S/C37H38N2O6/c1-24(2)17-20-44-31-14-11-28(21-32(31)43-4)34-33(36(41)37(42)39(34)22-26-15-18-38-19-16-26)35(40)27-9-12-30(13-10-27)45-23-29-8-6-5-7-25(29)3/h5-16,18-19,21,24,34,40H,17,20,22-23H2,1-4H3/b35-33+. The highest BCUT2D eigenvalue weighted by Crippen LogP contribution is 2.43. The number of nitrogens with zero attached hydrogens (tertiary/aromatic N) is 2. The summed E-state index contributed by atoms with van der Waals surface area (Å²) in [5, 5.41) is 11.6. The van der Waals surface area contributed by atoms with Crippen LogP contribution in [0, 0.1) is 12.8 Å². The maximum atomic E-state index is 13.6. The molecule has 3 aromatic carbocycles. The van der Waals surface area contributed by atoms with Gasteiger partial charge >= 0.3 is 0 Å². The van der Waals surface area contributed by atoms with Crippen molar-refractivity contribution in [1.29, 1.82) is 0 Å². The van der Waals surface area contributed by atoms with Gasteiger partial charge in [0, 0.05) is 24.5 Å². The molecule has 4 aromatic rings. The third-order valence-corrected chi connectivity index (χ3v) is 7.88. The van der Waals surface area contributed by atoms with Crippen LogP contribution in [-0.4, -0.2) is 40.4 Å². The van der Waals surface area contributed by atoms with Crippen LogP contribution in [-0.2, 0) is 22.7 Å². The first-order chi connectivity index (χ1) is 21.8. The topological polar surface area (TPSA) is 98.2 Å². The van der Waals surface area contributed by atoms with Crippen molar-refractivity contribution in [2.45, 2.75) is 46.4 Å². The molecule has 1 amide bonds. The summed E-state index contributed by atoms with van der Waals surface area (Å²) < 4.78 is 17.6. The van der Waals surface area contributed by atoms with Gasteiger partial charge in [-0.1, -0.05) is 44.2 Å². The predicted octanol–water partition coefficient (Wildman–Crippen LogP) is 7.02. The number of benzene rings is 3. The largest absolute Gasteiger partial charge is 0.507 e. The Morgan fingerprint density at radius 3 is 2.36 bits per heavy atom. The van der Waals surface area contributed by atoms with Gasteiger partial charge in [0.05, 0.1) is 25.3 Å².